The molecule has 0 fully saturated rings. The summed E-state index contributed by atoms with van der Waals surface area (Å²) < 4.78 is 26.7. The number of rotatable bonds is 5. The molecule has 0 amide bonds. The van der Waals surface area contributed by atoms with Crippen LogP contribution < -0.4 is 0 Å². The fraction of sp³-hybridized carbons (Fsp3) is 0.357. The SMILES string of the molecule is Cc1cccc(CN(C)S(=O)(=O)c2c(CCl)n[nH]c2C)c1. The first-order valence-corrected chi connectivity index (χ1v) is 8.45. The Kier molecular flexibility index (Phi) is 4.70. The van der Waals surface area contributed by atoms with Crippen LogP contribution in [0.25, 0.3) is 0 Å². The highest BCUT2D eigenvalue weighted by Gasteiger charge is 2.28. The van der Waals surface area contributed by atoms with Crippen molar-refractivity contribution in [1.29, 1.82) is 0 Å². The van der Waals surface area contributed by atoms with E-state index in [1.165, 1.54) is 4.31 Å². The number of nitrogens with one attached hydrogen (secondary N) is 1. The van der Waals surface area contributed by atoms with Crippen LogP contribution in [0, 0.1) is 13.8 Å². The molecule has 1 aromatic carbocycles. The molecule has 0 bridgehead atoms. The first kappa shape index (κ1) is 16.0. The molecule has 0 aliphatic rings. The second-order valence-corrected chi connectivity index (χ2v) is 7.26. The number of aryl methyl sites for hydroxylation is 2. The average Bonchev–Trinajstić information content (AvgIpc) is 2.80. The zero-order chi connectivity index (χ0) is 15.6. The standard InChI is InChI=1S/C14H18ClN3O2S/c1-10-5-4-6-12(7-10)9-18(3)21(19,20)14-11(2)16-17-13(14)8-15/h4-7H,8-9H2,1-3H3,(H,16,17). The highest BCUT2D eigenvalue weighted by Crippen LogP contribution is 2.23. The summed E-state index contributed by atoms with van der Waals surface area (Å²) in [5.74, 6) is 0.0528. The molecule has 0 saturated heterocycles. The van der Waals surface area contributed by atoms with Crippen LogP contribution >= 0.6 is 11.6 Å². The van der Waals surface area contributed by atoms with E-state index >= 15 is 0 Å². The summed E-state index contributed by atoms with van der Waals surface area (Å²) in [5.41, 5.74) is 2.89. The van der Waals surface area contributed by atoms with Gasteiger partial charge in [0.1, 0.15) is 4.90 Å². The fourth-order valence-corrected chi connectivity index (χ4v) is 3.96. The number of halogens is 1. The van der Waals surface area contributed by atoms with E-state index in [9.17, 15) is 8.42 Å². The van der Waals surface area contributed by atoms with Crippen molar-refractivity contribution in [3.63, 3.8) is 0 Å². The van der Waals surface area contributed by atoms with E-state index in [4.69, 9.17) is 11.6 Å². The Labute approximate surface area is 130 Å². The minimum absolute atomic E-state index is 0.0528. The van der Waals surface area contributed by atoms with E-state index in [1.807, 2.05) is 31.2 Å². The maximum atomic E-state index is 12.7. The monoisotopic (exact) mass is 327 g/mol. The van der Waals surface area contributed by atoms with Crippen molar-refractivity contribution < 1.29 is 8.42 Å². The molecule has 0 saturated carbocycles. The molecule has 2 aromatic rings. The van der Waals surface area contributed by atoms with E-state index in [0.717, 1.165) is 11.1 Å². The van der Waals surface area contributed by atoms with Gasteiger partial charge in [-0.15, -0.1) is 11.6 Å². The average molecular weight is 328 g/mol. The molecular formula is C14H18ClN3O2S. The summed E-state index contributed by atoms with van der Waals surface area (Å²) in [7, 11) is -2.07. The van der Waals surface area contributed by atoms with Crippen molar-refractivity contribution >= 4 is 21.6 Å². The predicted octanol–water partition coefficient (Wildman–Crippen LogP) is 2.59. The third-order valence-electron chi connectivity index (χ3n) is 3.24. The number of alkyl halides is 1. The van der Waals surface area contributed by atoms with Crippen molar-refractivity contribution in [2.24, 2.45) is 0 Å². The summed E-state index contributed by atoms with van der Waals surface area (Å²) in [6, 6.07) is 7.77. The van der Waals surface area contributed by atoms with Crippen LogP contribution in [0.2, 0.25) is 0 Å². The van der Waals surface area contributed by atoms with Crippen LogP contribution in [0.5, 0.6) is 0 Å². The van der Waals surface area contributed by atoms with Gasteiger partial charge >= 0.3 is 0 Å². The Morgan fingerprint density at radius 1 is 1.33 bits per heavy atom. The maximum absolute atomic E-state index is 12.7. The molecule has 0 spiro atoms. The largest absolute Gasteiger partial charge is 0.281 e. The Balaban J connectivity index is 2.33. The molecule has 21 heavy (non-hydrogen) atoms. The summed E-state index contributed by atoms with van der Waals surface area (Å²) in [6.07, 6.45) is 0. The molecule has 5 nitrogen and oxygen atoms in total. The fourth-order valence-electron chi connectivity index (χ4n) is 2.21. The quantitative estimate of drug-likeness (QED) is 0.858. The Bertz CT molecular complexity index is 740. The molecule has 114 valence electrons. The summed E-state index contributed by atoms with van der Waals surface area (Å²) in [5, 5.41) is 6.62. The molecule has 0 radical (unpaired) electrons. The van der Waals surface area contributed by atoms with Gasteiger partial charge in [0.15, 0.2) is 0 Å². The molecule has 1 N–H and O–H groups in total. The maximum Gasteiger partial charge on any atom is 0.246 e. The normalized spacial score (nSPS) is 12.0. The number of benzene rings is 1. The van der Waals surface area contributed by atoms with Crippen LogP contribution in [0.1, 0.15) is 22.5 Å². The van der Waals surface area contributed by atoms with Crippen molar-refractivity contribution in [3.8, 4) is 0 Å². The Hall–Kier alpha value is -1.37. The Morgan fingerprint density at radius 2 is 2.05 bits per heavy atom. The minimum atomic E-state index is -3.62. The molecule has 0 aliphatic heterocycles. The molecule has 7 heteroatoms. The molecule has 2 rings (SSSR count). The van der Waals surface area contributed by atoms with Crippen LogP contribution in [-0.2, 0) is 22.4 Å². The number of H-pyrrole nitrogens is 1. The molecule has 1 heterocycles. The first-order valence-electron chi connectivity index (χ1n) is 6.48. The third-order valence-corrected chi connectivity index (χ3v) is 5.50. The number of aromatic nitrogens is 2. The summed E-state index contributed by atoms with van der Waals surface area (Å²) >= 11 is 5.77. The highest BCUT2D eigenvalue weighted by atomic mass is 35.5. The number of hydrogen-bond acceptors (Lipinski definition) is 3. The van der Waals surface area contributed by atoms with Gasteiger partial charge in [-0.3, -0.25) is 5.10 Å². The van der Waals surface area contributed by atoms with Gasteiger partial charge in [0.25, 0.3) is 0 Å². The second kappa shape index (κ2) is 6.17. The van der Waals surface area contributed by atoms with Gasteiger partial charge in [-0.2, -0.15) is 9.40 Å². The molecule has 1 aromatic heterocycles. The second-order valence-electron chi connectivity index (χ2n) is 5.01. The molecule has 0 atom stereocenters. The van der Waals surface area contributed by atoms with E-state index in [2.05, 4.69) is 10.2 Å². The van der Waals surface area contributed by atoms with Crippen molar-refractivity contribution in [2.75, 3.05) is 7.05 Å². The topological polar surface area (TPSA) is 66.1 Å². The van der Waals surface area contributed by atoms with Gasteiger partial charge in [0.2, 0.25) is 10.0 Å². The Morgan fingerprint density at radius 3 is 2.67 bits per heavy atom. The molecular weight excluding hydrogens is 310 g/mol. The van der Waals surface area contributed by atoms with Crippen molar-refractivity contribution in [1.82, 2.24) is 14.5 Å². The van der Waals surface area contributed by atoms with Crippen LogP contribution in [0.3, 0.4) is 0 Å². The lowest BCUT2D eigenvalue weighted by atomic mass is 10.1. The lowest BCUT2D eigenvalue weighted by Gasteiger charge is -2.18. The van der Waals surface area contributed by atoms with Crippen LogP contribution in [-0.4, -0.2) is 30.0 Å². The van der Waals surface area contributed by atoms with E-state index in [-0.39, 0.29) is 10.8 Å². The summed E-state index contributed by atoms with van der Waals surface area (Å²) in [4.78, 5) is 0.174. The first-order chi connectivity index (χ1) is 9.86. The van der Waals surface area contributed by atoms with Gasteiger partial charge in [-0.25, -0.2) is 8.42 Å². The number of hydrogen-bond donors (Lipinski definition) is 1. The van der Waals surface area contributed by atoms with Gasteiger partial charge in [-0.1, -0.05) is 29.8 Å². The van der Waals surface area contributed by atoms with Gasteiger partial charge < -0.3 is 0 Å². The van der Waals surface area contributed by atoms with Crippen molar-refractivity contribution in [2.45, 2.75) is 31.2 Å². The van der Waals surface area contributed by atoms with Crippen LogP contribution in [0.4, 0.5) is 0 Å². The van der Waals surface area contributed by atoms with Crippen LogP contribution in [0.15, 0.2) is 29.2 Å². The molecule has 0 aliphatic carbocycles. The zero-order valence-corrected chi connectivity index (χ0v) is 13.8. The predicted molar refractivity (Wildman–Crippen MR) is 82.7 cm³/mol. The van der Waals surface area contributed by atoms with E-state index < -0.39 is 10.0 Å². The number of nitrogens with zero attached hydrogens (tertiary/aromatic N) is 2. The smallest absolute Gasteiger partial charge is 0.246 e. The van der Waals surface area contributed by atoms with Gasteiger partial charge in [0, 0.05) is 13.6 Å². The zero-order valence-electron chi connectivity index (χ0n) is 12.2. The van der Waals surface area contributed by atoms with E-state index in [0.29, 0.717) is 17.9 Å². The molecule has 0 unspecified atom stereocenters. The lowest BCUT2D eigenvalue weighted by Crippen LogP contribution is -2.27. The van der Waals surface area contributed by atoms with Gasteiger partial charge in [0.05, 0.1) is 17.3 Å². The lowest BCUT2D eigenvalue weighted by molar-refractivity contribution is 0.465. The minimum Gasteiger partial charge on any atom is -0.281 e. The van der Waals surface area contributed by atoms with E-state index in [1.54, 1.807) is 14.0 Å². The number of aromatic amines is 1. The van der Waals surface area contributed by atoms with Gasteiger partial charge in [-0.05, 0) is 19.4 Å². The third kappa shape index (κ3) is 3.28. The summed E-state index contributed by atoms with van der Waals surface area (Å²) in [6.45, 7) is 3.95. The highest BCUT2D eigenvalue weighted by molar-refractivity contribution is 7.89. The number of sulfonamides is 1. The van der Waals surface area contributed by atoms with Crippen molar-refractivity contribution in [3.05, 3.63) is 46.8 Å².